The minimum Gasteiger partial charge on any atom is -0.461 e. The molecule has 0 aromatic carbocycles. The molecule has 0 fully saturated rings. The van der Waals surface area contributed by atoms with Crippen LogP contribution in [0, 0.1) is 0 Å². The van der Waals surface area contributed by atoms with Gasteiger partial charge in [0.05, 0.1) is 18.5 Å². The van der Waals surface area contributed by atoms with Crippen LogP contribution in [0.25, 0.3) is 17.4 Å². The Kier molecular flexibility index (Phi) is 3.12. The van der Waals surface area contributed by atoms with Gasteiger partial charge in [-0.1, -0.05) is 6.07 Å². The van der Waals surface area contributed by atoms with Crippen molar-refractivity contribution in [1.82, 2.24) is 24.6 Å². The Bertz CT molecular complexity index is 1020. The second kappa shape index (κ2) is 5.59. The quantitative estimate of drug-likeness (QED) is 0.592. The first-order valence-corrected chi connectivity index (χ1v) is 8.10. The van der Waals surface area contributed by atoms with E-state index in [-0.39, 0.29) is 0 Å². The monoisotopic (exact) mass is 333 g/mol. The normalized spacial score (nSPS) is 13.0. The number of fused-ring (bicyclic) bond motifs is 3. The van der Waals surface area contributed by atoms with Gasteiger partial charge in [0.1, 0.15) is 11.6 Å². The Morgan fingerprint density at radius 1 is 1.20 bits per heavy atom. The van der Waals surface area contributed by atoms with Gasteiger partial charge in [-0.2, -0.15) is 14.5 Å². The van der Waals surface area contributed by atoms with Crippen LogP contribution in [0.4, 0.5) is 11.6 Å². The van der Waals surface area contributed by atoms with Crippen LogP contribution in [-0.2, 0) is 13.0 Å². The van der Waals surface area contributed by atoms with Gasteiger partial charge in [0.25, 0.3) is 5.78 Å². The van der Waals surface area contributed by atoms with Crippen molar-refractivity contribution in [3.05, 3.63) is 54.0 Å². The number of nitrogens with zero attached hydrogens (tertiary/aromatic N) is 5. The van der Waals surface area contributed by atoms with E-state index >= 15 is 0 Å². The number of anilines is 2. The third kappa shape index (κ3) is 2.38. The number of aromatic nitrogens is 5. The predicted octanol–water partition coefficient (Wildman–Crippen LogP) is 2.36. The van der Waals surface area contributed by atoms with Crippen LogP contribution in [0.3, 0.4) is 0 Å². The average Bonchev–Trinajstić information content (AvgIpc) is 3.39. The molecule has 0 bridgehead atoms. The fourth-order valence-electron chi connectivity index (χ4n) is 2.99. The molecule has 0 saturated carbocycles. The van der Waals surface area contributed by atoms with Crippen LogP contribution < -0.4 is 10.6 Å². The molecule has 0 saturated heterocycles. The molecule has 5 rings (SSSR count). The van der Waals surface area contributed by atoms with Gasteiger partial charge < -0.3 is 15.1 Å². The number of nitrogens with one attached hydrogen (secondary N) is 2. The fourth-order valence-corrected chi connectivity index (χ4v) is 2.99. The molecule has 2 N–H and O–H groups in total. The van der Waals surface area contributed by atoms with Crippen molar-refractivity contribution in [2.24, 2.45) is 0 Å². The van der Waals surface area contributed by atoms with Crippen molar-refractivity contribution in [1.29, 1.82) is 0 Å². The van der Waals surface area contributed by atoms with E-state index in [4.69, 9.17) is 4.42 Å². The Labute approximate surface area is 142 Å². The largest absolute Gasteiger partial charge is 0.461 e. The maximum atomic E-state index is 5.39. The minimum atomic E-state index is 0.523. The highest BCUT2D eigenvalue weighted by Gasteiger charge is 2.23. The molecule has 25 heavy (non-hydrogen) atoms. The lowest BCUT2D eigenvalue weighted by Gasteiger charge is -2.10. The molecule has 4 aromatic rings. The minimum absolute atomic E-state index is 0.523. The summed E-state index contributed by atoms with van der Waals surface area (Å²) in [7, 11) is 0. The van der Waals surface area contributed by atoms with Gasteiger partial charge in [0.2, 0.25) is 5.82 Å². The van der Waals surface area contributed by atoms with Crippen LogP contribution in [0.1, 0.15) is 11.3 Å². The van der Waals surface area contributed by atoms with E-state index in [0.29, 0.717) is 23.9 Å². The van der Waals surface area contributed by atoms with Crippen molar-refractivity contribution in [3.8, 4) is 11.6 Å². The van der Waals surface area contributed by atoms with Gasteiger partial charge in [-0.05, 0) is 30.7 Å². The van der Waals surface area contributed by atoms with Gasteiger partial charge in [-0.15, -0.1) is 5.10 Å². The van der Waals surface area contributed by atoms with Crippen molar-refractivity contribution in [2.45, 2.75) is 13.0 Å². The topological polar surface area (TPSA) is 93.2 Å². The molecular formula is C17H15N7O. The first-order chi connectivity index (χ1) is 12.4. The van der Waals surface area contributed by atoms with E-state index in [9.17, 15) is 0 Å². The summed E-state index contributed by atoms with van der Waals surface area (Å²) in [4.78, 5) is 13.5. The molecule has 8 heteroatoms. The molecule has 0 aliphatic carbocycles. The fraction of sp³-hybridized carbons (Fsp3) is 0.176. The Morgan fingerprint density at radius 3 is 3.04 bits per heavy atom. The smallest absolute Gasteiger partial charge is 0.256 e. The number of pyridine rings is 1. The first-order valence-electron chi connectivity index (χ1n) is 8.10. The summed E-state index contributed by atoms with van der Waals surface area (Å²) >= 11 is 0. The van der Waals surface area contributed by atoms with Crippen LogP contribution in [0.5, 0.6) is 0 Å². The molecule has 0 amide bonds. The predicted molar refractivity (Wildman–Crippen MR) is 92.2 cm³/mol. The molecule has 1 aliphatic heterocycles. The van der Waals surface area contributed by atoms with E-state index in [2.05, 4.69) is 30.7 Å². The molecule has 124 valence electrons. The summed E-state index contributed by atoms with van der Waals surface area (Å²) in [5.74, 6) is 3.42. The lowest BCUT2D eigenvalue weighted by molar-refractivity contribution is 0.577. The second-order valence-corrected chi connectivity index (χ2v) is 5.76. The number of furan rings is 1. The maximum Gasteiger partial charge on any atom is 0.256 e. The Hall–Kier alpha value is -3.42. The molecule has 1 aliphatic rings. The number of hydrogen-bond donors (Lipinski definition) is 2. The summed E-state index contributed by atoms with van der Waals surface area (Å²) in [5, 5.41) is 11.3. The average molecular weight is 333 g/mol. The van der Waals surface area contributed by atoms with Crippen molar-refractivity contribution < 1.29 is 4.42 Å². The number of rotatable bonds is 4. The summed E-state index contributed by atoms with van der Waals surface area (Å²) < 4.78 is 7.14. The first kappa shape index (κ1) is 14.0. The Morgan fingerprint density at radius 2 is 2.20 bits per heavy atom. The maximum absolute atomic E-state index is 5.39. The van der Waals surface area contributed by atoms with E-state index in [1.54, 1.807) is 17.0 Å². The standard InChI is InChI=1S/C17H15N7O/c1-2-7-18-11(4-1)10-20-14-12-6-8-19-16(12)24-17(21-14)22-15(23-24)13-5-3-9-25-13/h1-5,7,9,19H,6,8,10H2,(H,20,21,22,23). The van der Waals surface area contributed by atoms with Gasteiger partial charge in [0.15, 0.2) is 5.76 Å². The van der Waals surface area contributed by atoms with Gasteiger partial charge in [-0.25, -0.2) is 0 Å². The van der Waals surface area contributed by atoms with Crippen LogP contribution in [0.2, 0.25) is 0 Å². The molecule has 4 aromatic heterocycles. The molecule has 0 unspecified atom stereocenters. The summed E-state index contributed by atoms with van der Waals surface area (Å²) in [6, 6.07) is 9.51. The zero-order valence-electron chi connectivity index (χ0n) is 13.3. The Balaban J connectivity index is 1.55. The van der Waals surface area contributed by atoms with E-state index in [0.717, 1.165) is 35.9 Å². The zero-order chi connectivity index (χ0) is 16.6. The number of hydrogen-bond acceptors (Lipinski definition) is 7. The van der Waals surface area contributed by atoms with E-state index < -0.39 is 0 Å². The molecule has 8 nitrogen and oxygen atoms in total. The van der Waals surface area contributed by atoms with Crippen LogP contribution in [0.15, 0.2) is 47.2 Å². The van der Waals surface area contributed by atoms with Crippen LogP contribution >= 0.6 is 0 Å². The van der Waals surface area contributed by atoms with Crippen molar-refractivity contribution in [3.63, 3.8) is 0 Å². The molecule has 5 heterocycles. The lowest BCUT2D eigenvalue weighted by atomic mass is 10.2. The molecule has 0 spiro atoms. The van der Waals surface area contributed by atoms with Gasteiger partial charge >= 0.3 is 0 Å². The summed E-state index contributed by atoms with van der Waals surface area (Å²) in [6.07, 6.45) is 4.28. The lowest BCUT2D eigenvalue weighted by Crippen LogP contribution is -2.08. The van der Waals surface area contributed by atoms with Crippen molar-refractivity contribution in [2.75, 3.05) is 17.2 Å². The summed E-state index contributed by atoms with van der Waals surface area (Å²) in [6.45, 7) is 1.46. The highest BCUT2D eigenvalue weighted by molar-refractivity contribution is 5.66. The highest BCUT2D eigenvalue weighted by atomic mass is 16.3. The van der Waals surface area contributed by atoms with Crippen molar-refractivity contribution >= 4 is 17.4 Å². The van der Waals surface area contributed by atoms with E-state index in [1.165, 1.54) is 0 Å². The molecular weight excluding hydrogens is 318 g/mol. The third-order valence-corrected chi connectivity index (χ3v) is 4.16. The van der Waals surface area contributed by atoms with Gasteiger partial charge in [-0.3, -0.25) is 4.98 Å². The molecule has 0 atom stereocenters. The second-order valence-electron chi connectivity index (χ2n) is 5.76. The SMILES string of the molecule is c1ccc(CNc2nc3nc(-c4ccco4)nn3c3c2CCN3)nc1. The van der Waals surface area contributed by atoms with Gasteiger partial charge in [0, 0.05) is 18.3 Å². The van der Waals surface area contributed by atoms with Crippen LogP contribution in [-0.4, -0.2) is 31.1 Å². The van der Waals surface area contributed by atoms with E-state index in [1.807, 2.05) is 30.3 Å². The zero-order valence-corrected chi connectivity index (χ0v) is 13.3. The molecule has 0 radical (unpaired) electrons. The summed E-state index contributed by atoms with van der Waals surface area (Å²) in [5.41, 5.74) is 2.07. The highest BCUT2D eigenvalue weighted by Crippen LogP contribution is 2.29. The third-order valence-electron chi connectivity index (χ3n) is 4.16.